The van der Waals surface area contributed by atoms with Crippen LogP contribution in [-0.4, -0.2) is 30.8 Å². The summed E-state index contributed by atoms with van der Waals surface area (Å²) in [6.45, 7) is 0. The van der Waals surface area contributed by atoms with Crippen molar-refractivity contribution in [3.63, 3.8) is 0 Å². The van der Waals surface area contributed by atoms with E-state index in [9.17, 15) is 9.18 Å². The average Bonchev–Trinajstić information content (AvgIpc) is 2.72. The summed E-state index contributed by atoms with van der Waals surface area (Å²) in [6, 6.07) is 20.4. The number of hydrogen-bond donors (Lipinski definition) is 0. The van der Waals surface area contributed by atoms with Gasteiger partial charge in [0, 0.05) is 24.2 Å². The Kier molecular flexibility index (Phi) is 5.56. The van der Waals surface area contributed by atoms with Gasteiger partial charge >= 0.3 is 5.97 Å². The van der Waals surface area contributed by atoms with E-state index in [1.54, 1.807) is 7.05 Å². The van der Waals surface area contributed by atoms with E-state index < -0.39 is 11.8 Å². The number of halogens is 1. The molecule has 0 bridgehead atoms. The van der Waals surface area contributed by atoms with Crippen LogP contribution < -0.4 is 5.01 Å². The Labute approximate surface area is 156 Å². The van der Waals surface area contributed by atoms with E-state index >= 15 is 0 Å². The van der Waals surface area contributed by atoms with Crippen LogP contribution in [0.2, 0.25) is 0 Å². The minimum absolute atomic E-state index is 0.00868. The minimum Gasteiger partial charge on any atom is -0.464 e. The van der Waals surface area contributed by atoms with Crippen LogP contribution in [0.3, 0.4) is 0 Å². The number of ether oxygens (including phenoxy) is 1. The maximum atomic E-state index is 13.8. The van der Waals surface area contributed by atoms with Gasteiger partial charge in [0.1, 0.15) is 5.82 Å². The van der Waals surface area contributed by atoms with Crippen LogP contribution in [0.25, 0.3) is 0 Å². The highest BCUT2D eigenvalue weighted by molar-refractivity contribution is 6.13. The molecule has 0 saturated heterocycles. The third kappa shape index (κ3) is 4.17. The van der Waals surface area contributed by atoms with Gasteiger partial charge in [0.2, 0.25) is 0 Å². The van der Waals surface area contributed by atoms with Crippen molar-refractivity contribution >= 4 is 17.4 Å². The van der Waals surface area contributed by atoms with Crippen molar-refractivity contribution in [2.75, 3.05) is 19.2 Å². The van der Waals surface area contributed by atoms with Gasteiger partial charge in [-0.3, -0.25) is 5.01 Å². The number of carbonyl (C=O) groups excluding carboxylic acids is 1. The predicted molar refractivity (Wildman–Crippen MR) is 102 cm³/mol. The quantitative estimate of drug-likeness (QED) is 0.392. The Hall–Kier alpha value is -3.54. The van der Waals surface area contributed by atoms with E-state index in [1.807, 2.05) is 60.7 Å². The molecule has 0 spiro atoms. The monoisotopic (exact) mass is 363 g/mol. The average molecular weight is 363 g/mol. The summed E-state index contributed by atoms with van der Waals surface area (Å²) in [5.41, 5.74) is 2.66. The number of carbonyl (C=O) groups is 1. The number of methoxy groups -OCH3 is 1. The van der Waals surface area contributed by atoms with Crippen molar-refractivity contribution in [2.24, 2.45) is 5.10 Å². The molecule has 0 radical (unpaired) electrons. The van der Waals surface area contributed by atoms with Gasteiger partial charge in [-0.25, -0.2) is 14.2 Å². The summed E-state index contributed by atoms with van der Waals surface area (Å²) in [4.78, 5) is 15.9. The van der Waals surface area contributed by atoms with Gasteiger partial charge in [-0.2, -0.15) is 5.10 Å². The second-order valence-electron chi connectivity index (χ2n) is 5.72. The number of rotatable bonds is 5. The number of nitrogens with zero attached hydrogens (tertiary/aromatic N) is 3. The lowest BCUT2D eigenvalue weighted by molar-refractivity contribution is 0.0594. The first-order valence-corrected chi connectivity index (χ1v) is 8.27. The molecule has 1 heterocycles. The maximum Gasteiger partial charge on any atom is 0.358 e. The molecule has 0 amide bonds. The fourth-order valence-corrected chi connectivity index (χ4v) is 2.61. The van der Waals surface area contributed by atoms with Gasteiger partial charge in [-0.1, -0.05) is 60.7 Å². The lowest BCUT2D eigenvalue weighted by Gasteiger charge is -2.18. The number of benzene rings is 2. The van der Waals surface area contributed by atoms with Crippen LogP contribution in [0.5, 0.6) is 0 Å². The topological polar surface area (TPSA) is 54.8 Å². The largest absolute Gasteiger partial charge is 0.464 e. The first kappa shape index (κ1) is 18.3. The lowest BCUT2D eigenvalue weighted by atomic mass is 10.0. The fourth-order valence-electron chi connectivity index (χ4n) is 2.61. The number of esters is 1. The molecule has 0 N–H and O–H groups in total. The first-order valence-electron chi connectivity index (χ1n) is 8.27. The van der Waals surface area contributed by atoms with Gasteiger partial charge < -0.3 is 4.74 Å². The normalized spacial score (nSPS) is 10.2. The van der Waals surface area contributed by atoms with E-state index in [-0.39, 0.29) is 11.4 Å². The number of aromatic nitrogens is 1. The standard InChI is InChI=1S/C21H18FN3O2/c1-25(18-13-17(22)14-23-20(18)21(26)27-2)24-19(15-9-5-3-6-10-15)16-11-7-4-8-12-16/h3-14H,1-2H3. The van der Waals surface area contributed by atoms with Crippen molar-refractivity contribution < 1.29 is 13.9 Å². The van der Waals surface area contributed by atoms with Gasteiger partial charge in [0.05, 0.1) is 24.7 Å². The number of pyridine rings is 1. The van der Waals surface area contributed by atoms with E-state index in [4.69, 9.17) is 4.74 Å². The summed E-state index contributed by atoms with van der Waals surface area (Å²) < 4.78 is 18.5. The zero-order chi connectivity index (χ0) is 19.2. The Bertz CT molecular complexity index is 918. The zero-order valence-corrected chi connectivity index (χ0v) is 15.0. The van der Waals surface area contributed by atoms with Crippen LogP contribution in [-0.2, 0) is 4.74 Å². The van der Waals surface area contributed by atoms with Gasteiger partial charge in [-0.05, 0) is 0 Å². The molecule has 27 heavy (non-hydrogen) atoms. The highest BCUT2D eigenvalue weighted by atomic mass is 19.1. The highest BCUT2D eigenvalue weighted by Gasteiger charge is 2.19. The molecule has 0 aliphatic rings. The predicted octanol–water partition coefficient (Wildman–Crippen LogP) is 3.90. The minimum atomic E-state index is -0.659. The molecule has 3 rings (SSSR count). The first-order chi connectivity index (χ1) is 13.1. The Balaban J connectivity index is 2.11. The van der Waals surface area contributed by atoms with Crippen molar-refractivity contribution in [3.8, 4) is 0 Å². The second kappa shape index (κ2) is 8.23. The van der Waals surface area contributed by atoms with Gasteiger partial charge in [0.25, 0.3) is 0 Å². The highest BCUT2D eigenvalue weighted by Crippen LogP contribution is 2.21. The number of hydrazone groups is 1. The number of hydrogen-bond acceptors (Lipinski definition) is 5. The van der Waals surface area contributed by atoms with E-state index in [1.165, 1.54) is 18.2 Å². The van der Waals surface area contributed by atoms with Crippen molar-refractivity contribution in [1.82, 2.24) is 4.98 Å². The van der Waals surface area contributed by atoms with E-state index in [2.05, 4.69) is 10.1 Å². The van der Waals surface area contributed by atoms with Gasteiger partial charge in [0.15, 0.2) is 5.69 Å². The zero-order valence-electron chi connectivity index (χ0n) is 15.0. The Morgan fingerprint density at radius 2 is 1.59 bits per heavy atom. The third-order valence-electron chi connectivity index (χ3n) is 3.91. The molecule has 0 aliphatic carbocycles. The van der Waals surface area contributed by atoms with E-state index in [0.717, 1.165) is 17.3 Å². The number of anilines is 1. The summed E-state index contributed by atoms with van der Waals surface area (Å²) in [6.07, 6.45) is 0.975. The third-order valence-corrected chi connectivity index (χ3v) is 3.91. The summed E-state index contributed by atoms with van der Waals surface area (Å²) in [7, 11) is 2.88. The van der Waals surface area contributed by atoms with Gasteiger partial charge in [-0.15, -0.1) is 0 Å². The molecule has 0 aliphatic heterocycles. The molecule has 0 atom stereocenters. The molecular formula is C21H18FN3O2. The SMILES string of the molecule is COC(=O)c1ncc(F)cc1N(C)N=C(c1ccccc1)c1ccccc1. The fraction of sp³-hybridized carbons (Fsp3) is 0.0952. The molecule has 0 saturated carbocycles. The lowest BCUT2D eigenvalue weighted by Crippen LogP contribution is -2.19. The molecular weight excluding hydrogens is 345 g/mol. The molecule has 5 nitrogen and oxygen atoms in total. The van der Waals surface area contributed by atoms with Crippen molar-refractivity contribution in [1.29, 1.82) is 0 Å². The molecule has 6 heteroatoms. The summed E-state index contributed by atoms with van der Waals surface area (Å²) in [5, 5.41) is 6.07. The smallest absolute Gasteiger partial charge is 0.358 e. The molecule has 2 aromatic carbocycles. The molecule has 0 unspecified atom stereocenters. The molecule has 0 fully saturated rings. The van der Waals surface area contributed by atoms with Crippen LogP contribution in [0.4, 0.5) is 10.1 Å². The van der Waals surface area contributed by atoms with Crippen LogP contribution >= 0.6 is 0 Å². The molecule has 136 valence electrons. The molecule has 1 aromatic heterocycles. The van der Waals surface area contributed by atoms with Crippen LogP contribution in [0, 0.1) is 5.82 Å². The Morgan fingerprint density at radius 1 is 1.04 bits per heavy atom. The van der Waals surface area contributed by atoms with Crippen molar-refractivity contribution in [3.05, 3.63) is 95.6 Å². The van der Waals surface area contributed by atoms with Crippen LogP contribution in [0.1, 0.15) is 21.6 Å². The molecule has 3 aromatic rings. The maximum absolute atomic E-state index is 13.8. The van der Waals surface area contributed by atoms with E-state index in [0.29, 0.717) is 5.71 Å². The van der Waals surface area contributed by atoms with Crippen LogP contribution in [0.15, 0.2) is 78.0 Å². The summed E-state index contributed by atoms with van der Waals surface area (Å²) in [5.74, 6) is -1.23. The summed E-state index contributed by atoms with van der Waals surface area (Å²) >= 11 is 0. The second-order valence-corrected chi connectivity index (χ2v) is 5.72. The van der Waals surface area contributed by atoms with Crippen molar-refractivity contribution in [2.45, 2.75) is 0 Å². The Morgan fingerprint density at radius 3 is 2.11 bits per heavy atom.